The summed E-state index contributed by atoms with van der Waals surface area (Å²) >= 11 is 0. The molecular weight excluding hydrogens is 250 g/mol. The summed E-state index contributed by atoms with van der Waals surface area (Å²) in [6, 6.07) is 12.2. The van der Waals surface area contributed by atoms with Crippen LogP contribution in [0.5, 0.6) is 0 Å². The predicted octanol–water partition coefficient (Wildman–Crippen LogP) is 3.39. The minimum Gasteiger partial charge on any atom is -0.460 e. The molecule has 0 radical (unpaired) electrons. The third kappa shape index (κ3) is 2.45. The highest BCUT2D eigenvalue weighted by Gasteiger charge is 2.12. The standard InChI is InChI=1S/C16H17N3O/c1-11-3-6-13(7-4-11)9-19-10-14(17)16(18-19)15-8-5-12(2)20-15/h3-8,10H,9,17H2,1-2H3. The number of nitrogens with two attached hydrogens (primary N) is 1. The Morgan fingerprint density at radius 3 is 2.50 bits per heavy atom. The third-order valence-corrected chi connectivity index (χ3v) is 3.23. The van der Waals surface area contributed by atoms with Gasteiger partial charge in [0.15, 0.2) is 11.5 Å². The number of rotatable bonds is 3. The minimum atomic E-state index is 0.631. The van der Waals surface area contributed by atoms with E-state index < -0.39 is 0 Å². The van der Waals surface area contributed by atoms with E-state index in [0.717, 1.165) is 5.76 Å². The number of aromatic nitrogens is 2. The summed E-state index contributed by atoms with van der Waals surface area (Å²) in [7, 11) is 0. The second-order valence-electron chi connectivity index (χ2n) is 5.03. The van der Waals surface area contributed by atoms with Crippen LogP contribution in [0.1, 0.15) is 16.9 Å². The van der Waals surface area contributed by atoms with Gasteiger partial charge in [-0.1, -0.05) is 29.8 Å². The summed E-state index contributed by atoms with van der Waals surface area (Å²) in [5.74, 6) is 1.56. The Balaban J connectivity index is 1.87. The van der Waals surface area contributed by atoms with Crippen molar-refractivity contribution < 1.29 is 4.42 Å². The lowest BCUT2D eigenvalue weighted by Gasteiger charge is -2.02. The zero-order valence-corrected chi connectivity index (χ0v) is 11.6. The largest absolute Gasteiger partial charge is 0.460 e. The monoisotopic (exact) mass is 267 g/mol. The number of furan rings is 1. The second-order valence-corrected chi connectivity index (χ2v) is 5.03. The van der Waals surface area contributed by atoms with E-state index in [-0.39, 0.29) is 0 Å². The van der Waals surface area contributed by atoms with Crippen LogP contribution in [0.25, 0.3) is 11.5 Å². The molecular formula is C16H17N3O. The first-order valence-corrected chi connectivity index (χ1v) is 6.57. The van der Waals surface area contributed by atoms with Gasteiger partial charge in [-0.3, -0.25) is 4.68 Å². The van der Waals surface area contributed by atoms with Gasteiger partial charge in [0.1, 0.15) is 5.76 Å². The molecule has 2 heterocycles. The SMILES string of the molecule is Cc1ccc(Cn2cc(N)c(-c3ccc(C)o3)n2)cc1. The zero-order valence-electron chi connectivity index (χ0n) is 11.6. The highest BCUT2D eigenvalue weighted by molar-refractivity contribution is 5.67. The van der Waals surface area contributed by atoms with E-state index in [1.807, 2.05) is 29.9 Å². The molecule has 4 nitrogen and oxygen atoms in total. The molecule has 0 unspecified atom stereocenters. The van der Waals surface area contributed by atoms with Crippen LogP contribution in [-0.2, 0) is 6.54 Å². The first-order valence-electron chi connectivity index (χ1n) is 6.57. The molecule has 0 aliphatic rings. The predicted molar refractivity (Wildman–Crippen MR) is 79.4 cm³/mol. The molecule has 0 saturated carbocycles. The highest BCUT2D eigenvalue weighted by atomic mass is 16.3. The molecule has 102 valence electrons. The van der Waals surface area contributed by atoms with Crippen molar-refractivity contribution in [3.63, 3.8) is 0 Å². The third-order valence-electron chi connectivity index (χ3n) is 3.23. The van der Waals surface area contributed by atoms with Gasteiger partial charge in [-0.15, -0.1) is 0 Å². The van der Waals surface area contributed by atoms with E-state index in [4.69, 9.17) is 10.2 Å². The molecule has 2 aromatic heterocycles. The highest BCUT2D eigenvalue weighted by Crippen LogP contribution is 2.26. The minimum absolute atomic E-state index is 0.631. The van der Waals surface area contributed by atoms with Gasteiger partial charge in [0.25, 0.3) is 0 Å². The summed E-state index contributed by atoms with van der Waals surface area (Å²) < 4.78 is 7.41. The van der Waals surface area contributed by atoms with Crippen molar-refractivity contribution in [3.8, 4) is 11.5 Å². The molecule has 2 N–H and O–H groups in total. The van der Waals surface area contributed by atoms with E-state index in [1.165, 1.54) is 11.1 Å². The van der Waals surface area contributed by atoms with Crippen LogP contribution in [0.3, 0.4) is 0 Å². The van der Waals surface area contributed by atoms with Gasteiger partial charge in [-0.2, -0.15) is 5.10 Å². The number of hydrogen-bond donors (Lipinski definition) is 1. The molecule has 0 bridgehead atoms. The Bertz CT molecular complexity index is 723. The number of aryl methyl sites for hydroxylation is 2. The molecule has 4 heteroatoms. The van der Waals surface area contributed by atoms with Crippen molar-refractivity contribution in [2.24, 2.45) is 0 Å². The molecule has 0 atom stereocenters. The fraction of sp³-hybridized carbons (Fsp3) is 0.188. The summed E-state index contributed by atoms with van der Waals surface area (Å²) in [6.07, 6.45) is 1.84. The molecule has 0 fully saturated rings. The topological polar surface area (TPSA) is 57.0 Å². The van der Waals surface area contributed by atoms with Crippen LogP contribution in [-0.4, -0.2) is 9.78 Å². The van der Waals surface area contributed by atoms with Crippen molar-refractivity contribution in [1.82, 2.24) is 9.78 Å². The Kier molecular flexibility index (Phi) is 3.06. The van der Waals surface area contributed by atoms with Crippen molar-refractivity contribution in [1.29, 1.82) is 0 Å². The molecule has 3 rings (SSSR count). The molecule has 0 saturated heterocycles. The van der Waals surface area contributed by atoms with Crippen molar-refractivity contribution >= 4 is 5.69 Å². The number of hydrogen-bond acceptors (Lipinski definition) is 3. The summed E-state index contributed by atoms with van der Waals surface area (Å²) in [6.45, 7) is 4.68. The summed E-state index contributed by atoms with van der Waals surface area (Å²) in [5, 5.41) is 4.51. The lowest BCUT2D eigenvalue weighted by atomic mass is 10.1. The Labute approximate surface area is 117 Å². The zero-order chi connectivity index (χ0) is 14.1. The van der Waals surface area contributed by atoms with E-state index in [9.17, 15) is 0 Å². The molecule has 0 aliphatic heterocycles. The van der Waals surface area contributed by atoms with Gasteiger partial charge in [0.2, 0.25) is 0 Å². The fourth-order valence-corrected chi connectivity index (χ4v) is 2.15. The molecule has 1 aromatic carbocycles. The van der Waals surface area contributed by atoms with E-state index >= 15 is 0 Å². The number of anilines is 1. The Morgan fingerprint density at radius 2 is 1.85 bits per heavy atom. The Morgan fingerprint density at radius 1 is 1.10 bits per heavy atom. The molecule has 3 aromatic rings. The molecule has 20 heavy (non-hydrogen) atoms. The average molecular weight is 267 g/mol. The van der Waals surface area contributed by atoms with Crippen LogP contribution in [0.15, 0.2) is 47.0 Å². The second kappa shape index (κ2) is 4.89. The number of benzene rings is 1. The van der Waals surface area contributed by atoms with Crippen molar-refractivity contribution in [2.45, 2.75) is 20.4 Å². The van der Waals surface area contributed by atoms with Gasteiger partial charge in [-0.25, -0.2) is 0 Å². The number of nitrogens with zero attached hydrogens (tertiary/aromatic N) is 2. The van der Waals surface area contributed by atoms with Gasteiger partial charge in [0.05, 0.1) is 12.2 Å². The van der Waals surface area contributed by atoms with E-state index in [1.54, 1.807) is 0 Å². The molecule has 0 aliphatic carbocycles. The lowest BCUT2D eigenvalue weighted by Crippen LogP contribution is -2.00. The maximum absolute atomic E-state index is 6.02. The molecule has 0 amide bonds. The van der Waals surface area contributed by atoms with E-state index in [0.29, 0.717) is 23.7 Å². The maximum Gasteiger partial charge on any atom is 0.156 e. The molecule has 0 spiro atoms. The van der Waals surface area contributed by atoms with Crippen LogP contribution in [0, 0.1) is 13.8 Å². The number of nitrogen functional groups attached to an aromatic ring is 1. The van der Waals surface area contributed by atoms with Crippen molar-refractivity contribution in [3.05, 3.63) is 59.5 Å². The fourth-order valence-electron chi connectivity index (χ4n) is 2.15. The smallest absolute Gasteiger partial charge is 0.156 e. The van der Waals surface area contributed by atoms with Crippen LogP contribution in [0.2, 0.25) is 0 Å². The van der Waals surface area contributed by atoms with Gasteiger partial charge in [0, 0.05) is 6.20 Å². The van der Waals surface area contributed by atoms with Crippen LogP contribution >= 0.6 is 0 Å². The first-order chi connectivity index (χ1) is 9.61. The van der Waals surface area contributed by atoms with E-state index in [2.05, 4.69) is 36.3 Å². The van der Waals surface area contributed by atoms with Crippen LogP contribution < -0.4 is 5.73 Å². The van der Waals surface area contributed by atoms with Gasteiger partial charge < -0.3 is 10.2 Å². The first kappa shape index (κ1) is 12.5. The van der Waals surface area contributed by atoms with Gasteiger partial charge in [-0.05, 0) is 31.5 Å². The summed E-state index contributed by atoms with van der Waals surface area (Å²) in [5.41, 5.74) is 9.79. The van der Waals surface area contributed by atoms with Gasteiger partial charge >= 0.3 is 0 Å². The van der Waals surface area contributed by atoms with Crippen molar-refractivity contribution in [2.75, 3.05) is 5.73 Å². The van der Waals surface area contributed by atoms with Crippen LogP contribution in [0.4, 0.5) is 5.69 Å². The summed E-state index contributed by atoms with van der Waals surface area (Å²) in [4.78, 5) is 0. The average Bonchev–Trinajstić information content (AvgIpc) is 2.98. The normalized spacial score (nSPS) is 10.9. The lowest BCUT2D eigenvalue weighted by molar-refractivity contribution is 0.544. The Hall–Kier alpha value is -2.49. The quantitative estimate of drug-likeness (QED) is 0.791. The maximum atomic E-state index is 6.02.